The molecule has 0 bridgehead atoms. The lowest BCUT2D eigenvalue weighted by Gasteiger charge is -2.15. The zero-order valence-electron chi connectivity index (χ0n) is 12.5. The number of hydrogen-bond acceptors (Lipinski definition) is 4. The van der Waals surface area contributed by atoms with Crippen molar-refractivity contribution in [3.63, 3.8) is 0 Å². The fourth-order valence-corrected chi connectivity index (χ4v) is 2.43. The van der Waals surface area contributed by atoms with Gasteiger partial charge in [0.05, 0.1) is 19.0 Å². The third-order valence-corrected chi connectivity index (χ3v) is 3.43. The molecule has 1 aromatic carbocycles. The fraction of sp³-hybridized carbons (Fsp3) is 0.188. The van der Waals surface area contributed by atoms with E-state index in [9.17, 15) is 4.39 Å². The molecule has 3 aromatic rings. The van der Waals surface area contributed by atoms with Gasteiger partial charge in [0.15, 0.2) is 5.82 Å². The van der Waals surface area contributed by atoms with E-state index in [0.717, 1.165) is 17.4 Å². The molecule has 0 radical (unpaired) electrons. The van der Waals surface area contributed by atoms with Gasteiger partial charge in [-0.25, -0.2) is 4.39 Å². The highest BCUT2D eigenvalue weighted by atomic mass is 19.1. The fourth-order valence-electron chi connectivity index (χ4n) is 2.43. The van der Waals surface area contributed by atoms with Crippen LogP contribution in [0.3, 0.4) is 0 Å². The van der Waals surface area contributed by atoms with Crippen molar-refractivity contribution in [1.82, 2.24) is 19.7 Å². The molecule has 0 amide bonds. The van der Waals surface area contributed by atoms with Gasteiger partial charge in [-0.05, 0) is 31.5 Å². The number of ether oxygens (including phenoxy) is 1. The van der Waals surface area contributed by atoms with Crippen molar-refractivity contribution >= 4 is 0 Å². The molecular weight excluding hydrogens is 283 g/mol. The minimum atomic E-state index is -0.415. The lowest BCUT2D eigenvalue weighted by Crippen LogP contribution is -2.05. The molecule has 2 heterocycles. The minimum absolute atomic E-state index is 0.415. The molecule has 5 nitrogen and oxygen atoms in total. The number of methoxy groups -OCH3 is 1. The van der Waals surface area contributed by atoms with E-state index in [2.05, 4.69) is 15.2 Å². The normalized spacial score (nSPS) is 10.7. The number of nitrogens with zero attached hydrogens (tertiary/aromatic N) is 4. The summed E-state index contributed by atoms with van der Waals surface area (Å²) in [6.45, 7) is 3.82. The van der Waals surface area contributed by atoms with Crippen LogP contribution in [0.15, 0.2) is 36.7 Å². The van der Waals surface area contributed by atoms with Crippen molar-refractivity contribution in [2.24, 2.45) is 0 Å². The summed E-state index contributed by atoms with van der Waals surface area (Å²) in [5.41, 5.74) is 2.41. The summed E-state index contributed by atoms with van der Waals surface area (Å²) in [5, 5.41) is 8.29. The van der Waals surface area contributed by atoms with Gasteiger partial charge < -0.3 is 4.74 Å². The molecule has 0 aliphatic carbocycles. The molecule has 6 heteroatoms. The minimum Gasteiger partial charge on any atom is -0.495 e. The Morgan fingerprint density at radius 2 is 1.95 bits per heavy atom. The predicted octanol–water partition coefficient (Wildman–Crippen LogP) is 3.09. The molecule has 0 unspecified atom stereocenters. The Labute approximate surface area is 127 Å². The molecule has 0 fully saturated rings. The molecular formula is C16H15FN4O. The Bertz CT molecular complexity index is 829. The Hall–Kier alpha value is -2.76. The summed E-state index contributed by atoms with van der Waals surface area (Å²) >= 11 is 0. The van der Waals surface area contributed by atoms with E-state index in [1.54, 1.807) is 13.3 Å². The lowest BCUT2D eigenvalue weighted by atomic mass is 10.1. The smallest absolute Gasteiger partial charge is 0.170 e. The molecule has 0 aliphatic heterocycles. The standard InChI is InChI=1S/C16H15FN4O/c1-10-5-4-6-14(22-3)15(10)21-11(2)19-20-16(21)12-7-13(17)9-18-8-12/h4-9H,1-3H3. The van der Waals surface area contributed by atoms with Gasteiger partial charge in [-0.2, -0.15) is 0 Å². The van der Waals surface area contributed by atoms with Gasteiger partial charge in [0.25, 0.3) is 0 Å². The maximum atomic E-state index is 13.5. The number of hydrogen-bond donors (Lipinski definition) is 0. The van der Waals surface area contributed by atoms with E-state index in [1.807, 2.05) is 36.6 Å². The number of rotatable bonds is 3. The second-order valence-corrected chi connectivity index (χ2v) is 4.92. The molecule has 0 N–H and O–H groups in total. The maximum Gasteiger partial charge on any atom is 0.170 e. The molecule has 22 heavy (non-hydrogen) atoms. The molecule has 3 rings (SSSR count). The molecule has 112 valence electrons. The van der Waals surface area contributed by atoms with Crippen LogP contribution < -0.4 is 4.74 Å². The van der Waals surface area contributed by atoms with Crippen LogP contribution in [0.25, 0.3) is 17.1 Å². The van der Waals surface area contributed by atoms with Crippen LogP contribution in [0.4, 0.5) is 4.39 Å². The molecule has 0 saturated carbocycles. The Morgan fingerprint density at radius 3 is 2.68 bits per heavy atom. The summed E-state index contributed by atoms with van der Waals surface area (Å²) in [6, 6.07) is 7.15. The SMILES string of the molecule is COc1cccc(C)c1-n1c(C)nnc1-c1cncc(F)c1. The van der Waals surface area contributed by atoms with Crippen LogP contribution in [0.1, 0.15) is 11.4 Å². The average molecular weight is 298 g/mol. The summed E-state index contributed by atoms with van der Waals surface area (Å²) < 4.78 is 20.8. The van der Waals surface area contributed by atoms with Crippen LogP contribution in [-0.2, 0) is 0 Å². The van der Waals surface area contributed by atoms with Gasteiger partial charge in [-0.3, -0.25) is 9.55 Å². The van der Waals surface area contributed by atoms with Crippen molar-refractivity contribution in [1.29, 1.82) is 0 Å². The number of aryl methyl sites for hydroxylation is 2. The topological polar surface area (TPSA) is 52.8 Å². The highest BCUT2D eigenvalue weighted by Crippen LogP contribution is 2.31. The van der Waals surface area contributed by atoms with E-state index in [4.69, 9.17) is 4.74 Å². The zero-order valence-corrected chi connectivity index (χ0v) is 12.5. The molecule has 0 aliphatic rings. The van der Waals surface area contributed by atoms with Gasteiger partial charge in [-0.15, -0.1) is 10.2 Å². The number of pyridine rings is 1. The van der Waals surface area contributed by atoms with E-state index in [1.165, 1.54) is 6.07 Å². The van der Waals surface area contributed by atoms with E-state index < -0.39 is 5.82 Å². The maximum absolute atomic E-state index is 13.5. The second-order valence-electron chi connectivity index (χ2n) is 4.92. The summed E-state index contributed by atoms with van der Waals surface area (Å²) in [5.74, 6) is 1.50. The third-order valence-electron chi connectivity index (χ3n) is 3.43. The quantitative estimate of drug-likeness (QED) is 0.745. The van der Waals surface area contributed by atoms with Gasteiger partial charge >= 0.3 is 0 Å². The summed E-state index contributed by atoms with van der Waals surface area (Å²) in [7, 11) is 1.61. The molecule has 0 saturated heterocycles. The highest BCUT2D eigenvalue weighted by Gasteiger charge is 2.18. The van der Waals surface area contributed by atoms with Gasteiger partial charge in [0.1, 0.15) is 17.4 Å². The first kappa shape index (κ1) is 14.2. The van der Waals surface area contributed by atoms with E-state index >= 15 is 0 Å². The van der Waals surface area contributed by atoms with Crippen LogP contribution in [0, 0.1) is 19.7 Å². The second kappa shape index (κ2) is 5.55. The van der Waals surface area contributed by atoms with Crippen molar-refractivity contribution in [3.05, 3.63) is 53.9 Å². The Kier molecular flexibility index (Phi) is 3.58. The lowest BCUT2D eigenvalue weighted by molar-refractivity contribution is 0.412. The van der Waals surface area contributed by atoms with Crippen LogP contribution in [0.2, 0.25) is 0 Å². The first-order valence-corrected chi connectivity index (χ1v) is 6.78. The van der Waals surface area contributed by atoms with Crippen LogP contribution in [0.5, 0.6) is 5.75 Å². The summed E-state index contributed by atoms with van der Waals surface area (Å²) in [4.78, 5) is 3.88. The molecule has 0 atom stereocenters. The first-order chi connectivity index (χ1) is 10.6. The van der Waals surface area contributed by atoms with Crippen LogP contribution in [-0.4, -0.2) is 26.9 Å². The first-order valence-electron chi connectivity index (χ1n) is 6.78. The third kappa shape index (κ3) is 2.32. The van der Waals surface area contributed by atoms with Crippen molar-refractivity contribution < 1.29 is 9.13 Å². The van der Waals surface area contributed by atoms with Crippen molar-refractivity contribution in [3.8, 4) is 22.8 Å². The van der Waals surface area contributed by atoms with Crippen molar-refractivity contribution in [2.45, 2.75) is 13.8 Å². The largest absolute Gasteiger partial charge is 0.495 e. The summed E-state index contributed by atoms with van der Waals surface area (Å²) in [6.07, 6.45) is 2.72. The number of aromatic nitrogens is 4. The Morgan fingerprint density at radius 1 is 1.14 bits per heavy atom. The van der Waals surface area contributed by atoms with E-state index in [-0.39, 0.29) is 0 Å². The van der Waals surface area contributed by atoms with Gasteiger partial charge in [0, 0.05) is 11.8 Å². The highest BCUT2D eigenvalue weighted by molar-refractivity contribution is 5.62. The molecule has 2 aromatic heterocycles. The zero-order chi connectivity index (χ0) is 15.7. The van der Waals surface area contributed by atoms with Gasteiger partial charge in [-0.1, -0.05) is 12.1 Å². The number of halogens is 1. The Balaban J connectivity index is 2.28. The number of benzene rings is 1. The van der Waals surface area contributed by atoms with E-state index in [0.29, 0.717) is 23.0 Å². The molecule has 0 spiro atoms. The van der Waals surface area contributed by atoms with Gasteiger partial charge in [0.2, 0.25) is 0 Å². The number of para-hydroxylation sites is 1. The average Bonchev–Trinajstić information content (AvgIpc) is 2.88. The predicted molar refractivity (Wildman–Crippen MR) is 80.6 cm³/mol. The monoisotopic (exact) mass is 298 g/mol. The van der Waals surface area contributed by atoms with Crippen molar-refractivity contribution in [2.75, 3.05) is 7.11 Å². The van der Waals surface area contributed by atoms with Crippen LogP contribution >= 0.6 is 0 Å².